The lowest BCUT2D eigenvalue weighted by Gasteiger charge is -2.47. The molecule has 17 nitrogen and oxygen atoms in total. The average Bonchev–Trinajstić information content (AvgIpc) is 2.93. The van der Waals surface area contributed by atoms with Crippen LogP contribution >= 0.6 is 0 Å². The molecule has 8 N–H and O–H groups in total. The molecule has 11 unspecified atom stereocenters. The van der Waals surface area contributed by atoms with Gasteiger partial charge in [0, 0.05) is 0 Å². The molecular formula is C25H50NO16+. The Morgan fingerprint density at radius 2 is 1.36 bits per heavy atom. The highest BCUT2D eigenvalue weighted by Gasteiger charge is 2.52. The fraction of sp³-hybridized carbons (Fsp3) is 1.00. The highest BCUT2D eigenvalue weighted by molar-refractivity contribution is 4.95. The lowest BCUT2D eigenvalue weighted by molar-refractivity contribution is -0.873. The normalized spacial score (nSPS) is 34.9. The van der Waals surface area contributed by atoms with Crippen molar-refractivity contribution in [1.29, 1.82) is 0 Å². The standard InChI is InChI=1S/C25H50NO16/c1-26(2,3)10-15(31)12-35-8-9-39-23-18(32)20(17(13-36-14-30)40-24(23)34)42-25-19(33)22(38-7-5-28)21(37-6-4-27)16(11-29)41-25/h15-25,27-34H,4-14H2,1-3H3/q+1. The quantitative estimate of drug-likeness (QED) is 0.0360. The molecule has 2 aliphatic rings. The largest absolute Gasteiger partial charge is 0.394 e. The van der Waals surface area contributed by atoms with Crippen LogP contribution < -0.4 is 0 Å². The van der Waals surface area contributed by atoms with Crippen molar-refractivity contribution in [3.05, 3.63) is 0 Å². The Bertz CT molecular complexity index is 716. The summed E-state index contributed by atoms with van der Waals surface area (Å²) in [4.78, 5) is 0. The van der Waals surface area contributed by atoms with E-state index in [0.29, 0.717) is 11.0 Å². The van der Waals surface area contributed by atoms with Crippen LogP contribution in [0.15, 0.2) is 0 Å². The second-order valence-corrected chi connectivity index (χ2v) is 11.0. The third-order valence-electron chi connectivity index (χ3n) is 6.50. The number of aliphatic hydroxyl groups is 8. The van der Waals surface area contributed by atoms with E-state index in [1.54, 1.807) is 0 Å². The van der Waals surface area contributed by atoms with Crippen LogP contribution in [0.3, 0.4) is 0 Å². The van der Waals surface area contributed by atoms with Crippen LogP contribution in [0.2, 0.25) is 0 Å². The van der Waals surface area contributed by atoms with E-state index in [-0.39, 0.29) is 52.9 Å². The van der Waals surface area contributed by atoms with E-state index >= 15 is 0 Å². The van der Waals surface area contributed by atoms with Crippen LogP contribution in [-0.4, -0.2) is 207 Å². The molecule has 0 spiro atoms. The molecule has 0 aromatic rings. The number of likely N-dealkylation sites (N-methyl/N-ethyl adjacent to an activating group) is 1. The Morgan fingerprint density at radius 3 is 1.95 bits per heavy atom. The second kappa shape index (κ2) is 19.0. The molecule has 250 valence electrons. The van der Waals surface area contributed by atoms with Gasteiger partial charge in [0.2, 0.25) is 0 Å². The van der Waals surface area contributed by atoms with Crippen molar-refractivity contribution in [3.63, 3.8) is 0 Å². The number of hydrogen-bond acceptors (Lipinski definition) is 16. The SMILES string of the molecule is C[N+](C)(C)CC(O)COCCOC1C(O)OC(COCO)C(OC2OC(CO)C(OCCO)C(OCCO)C2O)C1O. The Balaban J connectivity index is 2.10. The summed E-state index contributed by atoms with van der Waals surface area (Å²) in [5.41, 5.74) is 0. The van der Waals surface area contributed by atoms with Gasteiger partial charge in [0.05, 0.1) is 80.6 Å². The number of rotatable bonds is 20. The molecule has 2 fully saturated rings. The maximum atomic E-state index is 11.2. The summed E-state index contributed by atoms with van der Waals surface area (Å²) in [6.45, 7) is -2.18. The highest BCUT2D eigenvalue weighted by Crippen LogP contribution is 2.31. The van der Waals surface area contributed by atoms with Crippen molar-refractivity contribution in [1.82, 2.24) is 0 Å². The summed E-state index contributed by atoms with van der Waals surface area (Å²) in [6.07, 6.45) is -14.1. The Kier molecular flexibility index (Phi) is 16.9. The molecule has 2 rings (SSSR count). The molecule has 0 aromatic carbocycles. The average molecular weight is 621 g/mol. The summed E-state index contributed by atoms with van der Waals surface area (Å²) in [5.74, 6) is 0. The minimum atomic E-state index is -1.63. The fourth-order valence-corrected chi connectivity index (χ4v) is 4.79. The van der Waals surface area contributed by atoms with E-state index in [0.717, 1.165) is 0 Å². The van der Waals surface area contributed by atoms with Crippen molar-refractivity contribution in [2.75, 3.05) is 93.9 Å². The monoisotopic (exact) mass is 620 g/mol. The summed E-state index contributed by atoms with van der Waals surface area (Å²) in [6, 6.07) is 0. The van der Waals surface area contributed by atoms with Gasteiger partial charge in [-0.2, -0.15) is 0 Å². The summed E-state index contributed by atoms with van der Waals surface area (Å²) >= 11 is 0. The highest BCUT2D eigenvalue weighted by atomic mass is 16.7. The summed E-state index contributed by atoms with van der Waals surface area (Å²) in [7, 11) is 5.80. The minimum absolute atomic E-state index is 0.0362. The van der Waals surface area contributed by atoms with Gasteiger partial charge in [0.1, 0.15) is 68.3 Å². The van der Waals surface area contributed by atoms with Crippen LogP contribution in [0.5, 0.6) is 0 Å². The van der Waals surface area contributed by atoms with Crippen molar-refractivity contribution in [2.24, 2.45) is 0 Å². The number of nitrogens with zero attached hydrogens (tertiary/aromatic N) is 1. The van der Waals surface area contributed by atoms with Gasteiger partial charge in [-0.05, 0) is 0 Å². The molecule has 0 amide bonds. The van der Waals surface area contributed by atoms with Crippen molar-refractivity contribution < 1.29 is 83.2 Å². The van der Waals surface area contributed by atoms with E-state index < -0.39 is 80.9 Å². The number of quaternary nitrogens is 1. The van der Waals surface area contributed by atoms with Gasteiger partial charge in [-0.25, -0.2) is 0 Å². The van der Waals surface area contributed by atoms with E-state index in [1.807, 2.05) is 21.1 Å². The predicted octanol–water partition coefficient (Wildman–Crippen LogP) is -5.28. The molecule has 0 aliphatic carbocycles. The van der Waals surface area contributed by atoms with E-state index in [9.17, 15) is 30.6 Å². The zero-order chi connectivity index (χ0) is 31.3. The molecule has 17 heteroatoms. The lowest BCUT2D eigenvalue weighted by atomic mass is 9.96. The van der Waals surface area contributed by atoms with Crippen LogP contribution in [-0.2, 0) is 37.9 Å². The van der Waals surface area contributed by atoms with Crippen LogP contribution in [0.25, 0.3) is 0 Å². The van der Waals surface area contributed by atoms with Gasteiger partial charge in [-0.15, -0.1) is 0 Å². The first kappa shape index (κ1) is 37.5. The number of hydrogen-bond donors (Lipinski definition) is 8. The van der Waals surface area contributed by atoms with Gasteiger partial charge in [-0.1, -0.05) is 0 Å². The zero-order valence-corrected chi connectivity index (χ0v) is 24.4. The maximum absolute atomic E-state index is 11.2. The Labute approximate surface area is 245 Å². The van der Waals surface area contributed by atoms with E-state index in [2.05, 4.69) is 0 Å². The van der Waals surface area contributed by atoms with Crippen molar-refractivity contribution in [3.8, 4) is 0 Å². The van der Waals surface area contributed by atoms with Gasteiger partial charge in [0.25, 0.3) is 0 Å². The Morgan fingerprint density at radius 1 is 0.714 bits per heavy atom. The minimum Gasteiger partial charge on any atom is -0.394 e. The number of ether oxygens (including phenoxy) is 8. The van der Waals surface area contributed by atoms with Gasteiger partial charge in [-0.3, -0.25) is 0 Å². The first-order chi connectivity index (χ1) is 20.0. The van der Waals surface area contributed by atoms with Crippen LogP contribution in [0, 0.1) is 0 Å². The predicted molar refractivity (Wildman–Crippen MR) is 140 cm³/mol. The summed E-state index contributed by atoms with van der Waals surface area (Å²) < 4.78 is 44.9. The van der Waals surface area contributed by atoms with E-state index in [4.69, 9.17) is 48.1 Å². The van der Waals surface area contributed by atoms with Crippen molar-refractivity contribution >= 4 is 0 Å². The fourth-order valence-electron chi connectivity index (χ4n) is 4.79. The topological polar surface area (TPSA) is 236 Å². The van der Waals surface area contributed by atoms with Gasteiger partial charge in [0.15, 0.2) is 12.6 Å². The van der Waals surface area contributed by atoms with Crippen molar-refractivity contribution in [2.45, 2.75) is 67.5 Å². The third kappa shape index (κ3) is 11.7. The maximum Gasteiger partial charge on any atom is 0.187 e. The zero-order valence-electron chi connectivity index (χ0n) is 24.4. The van der Waals surface area contributed by atoms with Crippen LogP contribution in [0.1, 0.15) is 0 Å². The molecule has 2 saturated heterocycles. The summed E-state index contributed by atoms with van der Waals surface area (Å²) in [5, 5.41) is 80.3. The molecule has 2 heterocycles. The molecule has 42 heavy (non-hydrogen) atoms. The first-order valence-corrected chi connectivity index (χ1v) is 13.9. The lowest BCUT2D eigenvalue weighted by Crippen LogP contribution is -2.65. The Hall–Kier alpha value is -0.680. The third-order valence-corrected chi connectivity index (χ3v) is 6.50. The molecular weight excluding hydrogens is 570 g/mol. The van der Waals surface area contributed by atoms with Crippen LogP contribution in [0.4, 0.5) is 0 Å². The molecule has 11 atom stereocenters. The molecule has 0 bridgehead atoms. The smallest absolute Gasteiger partial charge is 0.187 e. The van der Waals surface area contributed by atoms with Gasteiger partial charge < -0.3 is 83.2 Å². The molecule has 2 aliphatic heterocycles. The first-order valence-electron chi connectivity index (χ1n) is 13.9. The number of aliphatic hydroxyl groups excluding tert-OH is 8. The van der Waals surface area contributed by atoms with Gasteiger partial charge >= 0.3 is 0 Å². The molecule has 0 radical (unpaired) electrons. The van der Waals surface area contributed by atoms with E-state index in [1.165, 1.54) is 0 Å². The molecule has 0 saturated carbocycles. The second-order valence-electron chi connectivity index (χ2n) is 11.0. The molecule has 0 aromatic heterocycles.